The highest BCUT2D eigenvalue weighted by Crippen LogP contribution is 2.20. The molecule has 0 aliphatic rings. The van der Waals surface area contributed by atoms with Gasteiger partial charge in [0.1, 0.15) is 0 Å². The van der Waals surface area contributed by atoms with Crippen LogP contribution < -0.4 is 5.32 Å². The van der Waals surface area contributed by atoms with Gasteiger partial charge in [-0.1, -0.05) is 0 Å². The lowest BCUT2D eigenvalue weighted by Crippen LogP contribution is -2.33. The van der Waals surface area contributed by atoms with Gasteiger partial charge >= 0.3 is 12.0 Å². The zero-order valence-electron chi connectivity index (χ0n) is 11.7. The number of ether oxygens (including phenoxy) is 1. The van der Waals surface area contributed by atoms with Crippen molar-refractivity contribution in [3.63, 3.8) is 0 Å². The molecule has 1 rings (SSSR count). The van der Waals surface area contributed by atoms with Crippen LogP contribution in [0.5, 0.6) is 0 Å². The second-order valence-corrected chi connectivity index (χ2v) is 4.32. The maximum atomic E-state index is 13.2. The van der Waals surface area contributed by atoms with E-state index in [1.54, 1.807) is 0 Å². The lowest BCUT2D eigenvalue weighted by atomic mass is 10.1. The van der Waals surface area contributed by atoms with E-state index in [4.69, 9.17) is 9.84 Å². The summed E-state index contributed by atoms with van der Waals surface area (Å²) in [6.07, 6.45) is 0.587. The molecule has 0 bridgehead atoms. The fourth-order valence-corrected chi connectivity index (χ4v) is 1.59. The number of nitrogens with zero attached hydrogens (tertiary/aromatic N) is 1. The molecule has 6 nitrogen and oxygen atoms in total. The zero-order chi connectivity index (χ0) is 16.0. The van der Waals surface area contributed by atoms with Crippen LogP contribution in [0.25, 0.3) is 0 Å². The van der Waals surface area contributed by atoms with Crippen LogP contribution in [0.2, 0.25) is 0 Å². The molecule has 2 amide bonds. The minimum atomic E-state index is -1.47. The van der Waals surface area contributed by atoms with Crippen molar-refractivity contribution >= 4 is 17.7 Å². The van der Waals surface area contributed by atoms with Crippen LogP contribution in [-0.2, 0) is 4.74 Å². The van der Waals surface area contributed by atoms with Crippen molar-refractivity contribution in [2.45, 2.75) is 6.42 Å². The Kier molecular flexibility index (Phi) is 6.04. The Morgan fingerprint density at radius 1 is 1.33 bits per heavy atom. The van der Waals surface area contributed by atoms with Crippen molar-refractivity contribution in [1.29, 1.82) is 0 Å². The number of carbonyl (C=O) groups is 2. The van der Waals surface area contributed by atoms with Gasteiger partial charge in [0.25, 0.3) is 0 Å². The van der Waals surface area contributed by atoms with Gasteiger partial charge in [0, 0.05) is 33.4 Å². The minimum Gasteiger partial charge on any atom is -0.478 e. The first kappa shape index (κ1) is 16.8. The Balaban J connectivity index is 2.84. The van der Waals surface area contributed by atoms with Gasteiger partial charge in [-0.3, -0.25) is 0 Å². The Bertz CT molecular complexity index is 537. The molecule has 21 heavy (non-hydrogen) atoms. The van der Waals surface area contributed by atoms with Crippen molar-refractivity contribution < 1.29 is 28.2 Å². The molecule has 1 aromatic rings. The number of urea groups is 1. The Labute approximate surface area is 120 Å². The molecule has 0 unspecified atom stereocenters. The first-order valence-corrected chi connectivity index (χ1v) is 6.10. The van der Waals surface area contributed by atoms with Gasteiger partial charge in [-0.05, 0) is 12.5 Å². The van der Waals surface area contributed by atoms with Gasteiger partial charge in [-0.15, -0.1) is 0 Å². The number of carboxylic acids is 1. The smallest absolute Gasteiger partial charge is 0.337 e. The molecule has 0 saturated carbocycles. The fraction of sp³-hybridized carbons (Fsp3) is 0.385. The minimum absolute atomic E-state index is 0.301. The molecule has 0 aromatic heterocycles. The molecule has 1 aromatic carbocycles. The summed E-state index contributed by atoms with van der Waals surface area (Å²) in [6.45, 7) is 0.828. The number of benzene rings is 1. The summed E-state index contributed by atoms with van der Waals surface area (Å²) in [6, 6.07) is 0.539. The number of nitrogens with one attached hydrogen (secondary N) is 1. The SMILES string of the molecule is COCCCN(C)C(=O)Nc1cc(F)c(F)cc1C(=O)O. The van der Waals surface area contributed by atoms with Crippen LogP contribution >= 0.6 is 0 Å². The topological polar surface area (TPSA) is 78.9 Å². The average molecular weight is 302 g/mol. The third-order valence-electron chi connectivity index (χ3n) is 2.72. The first-order valence-electron chi connectivity index (χ1n) is 6.10. The van der Waals surface area contributed by atoms with E-state index in [0.717, 1.165) is 0 Å². The van der Waals surface area contributed by atoms with E-state index in [1.165, 1.54) is 19.1 Å². The standard InChI is InChI=1S/C13H16F2N2O4/c1-17(4-3-5-21-2)13(20)16-11-7-10(15)9(14)6-8(11)12(18)19/h6-7H,3-5H2,1-2H3,(H,16,20)(H,18,19). The van der Waals surface area contributed by atoms with Gasteiger partial charge in [0.2, 0.25) is 0 Å². The molecule has 116 valence electrons. The highest BCUT2D eigenvalue weighted by atomic mass is 19.2. The van der Waals surface area contributed by atoms with Crippen molar-refractivity contribution in [2.75, 3.05) is 32.6 Å². The second-order valence-electron chi connectivity index (χ2n) is 4.32. The number of anilines is 1. The van der Waals surface area contributed by atoms with E-state index < -0.39 is 29.2 Å². The number of methoxy groups -OCH3 is 1. The van der Waals surface area contributed by atoms with Crippen LogP contribution in [0.4, 0.5) is 19.3 Å². The van der Waals surface area contributed by atoms with Crippen LogP contribution in [0.15, 0.2) is 12.1 Å². The first-order chi connectivity index (χ1) is 9.86. The third kappa shape index (κ3) is 4.67. The fourth-order valence-electron chi connectivity index (χ4n) is 1.59. The molecule has 0 atom stereocenters. The van der Waals surface area contributed by atoms with E-state index in [0.29, 0.717) is 31.7 Å². The number of rotatable bonds is 6. The number of hydrogen-bond acceptors (Lipinski definition) is 3. The van der Waals surface area contributed by atoms with Crippen molar-refractivity contribution in [1.82, 2.24) is 4.90 Å². The summed E-state index contributed by atoms with van der Waals surface area (Å²) >= 11 is 0. The maximum absolute atomic E-state index is 13.2. The van der Waals surface area contributed by atoms with Crippen molar-refractivity contribution in [3.05, 3.63) is 29.3 Å². The third-order valence-corrected chi connectivity index (χ3v) is 2.72. The van der Waals surface area contributed by atoms with Crippen LogP contribution in [0, 0.1) is 11.6 Å². The molecule has 0 saturated heterocycles. The van der Waals surface area contributed by atoms with E-state index in [2.05, 4.69) is 5.32 Å². The summed E-state index contributed by atoms with van der Waals surface area (Å²) in [5, 5.41) is 11.2. The molecule has 0 spiro atoms. The van der Waals surface area contributed by atoms with Gasteiger partial charge in [0.15, 0.2) is 11.6 Å². The number of halogens is 2. The highest BCUT2D eigenvalue weighted by Gasteiger charge is 2.18. The average Bonchev–Trinajstić information content (AvgIpc) is 2.42. The number of aromatic carboxylic acids is 1. The molecule has 0 aliphatic carbocycles. The second kappa shape index (κ2) is 7.53. The predicted octanol–water partition coefficient (Wildman–Crippen LogP) is 2.16. The Morgan fingerprint density at radius 3 is 2.52 bits per heavy atom. The van der Waals surface area contributed by atoms with Gasteiger partial charge < -0.3 is 20.1 Å². The molecule has 0 fully saturated rings. The van der Waals surface area contributed by atoms with Gasteiger partial charge in [-0.25, -0.2) is 18.4 Å². The number of hydrogen-bond donors (Lipinski definition) is 2. The van der Waals surface area contributed by atoms with E-state index >= 15 is 0 Å². The summed E-state index contributed by atoms with van der Waals surface area (Å²) in [7, 11) is 3.02. The zero-order valence-corrected chi connectivity index (χ0v) is 11.7. The molecule has 2 N–H and O–H groups in total. The molecule has 0 radical (unpaired) electrons. The summed E-state index contributed by atoms with van der Waals surface area (Å²) < 4.78 is 31.1. The predicted molar refractivity (Wildman–Crippen MR) is 71.5 cm³/mol. The lowest BCUT2D eigenvalue weighted by Gasteiger charge is -2.18. The van der Waals surface area contributed by atoms with Gasteiger partial charge in [0.05, 0.1) is 11.3 Å². The monoisotopic (exact) mass is 302 g/mol. The van der Waals surface area contributed by atoms with Crippen LogP contribution in [-0.4, -0.2) is 49.3 Å². The van der Waals surface area contributed by atoms with Crippen LogP contribution in [0.1, 0.15) is 16.8 Å². The largest absolute Gasteiger partial charge is 0.478 e. The molecular formula is C13H16F2N2O4. The van der Waals surface area contributed by atoms with E-state index in [1.807, 2.05) is 0 Å². The van der Waals surface area contributed by atoms with Crippen LogP contribution in [0.3, 0.4) is 0 Å². The van der Waals surface area contributed by atoms with Crippen molar-refractivity contribution in [3.8, 4) is 0 Å². The normalized spacial score (nSPS) is 10.3. The molecule has 8 heteroatoms. The molecular weight excluding hydrogens is 286 g/mol. The molecule has 0 aliphatic heterocycles. The summed E-state index contributed by atoms with van der Waals surface area (Å²) in [5.74, 6) is -4.00. The number of amides is 2. The summed E-state index contributed by atoms with van der Waals surface area (Å²) in [5.41, 5.74) is -0.822. The maximum Gasteiger partial charge on any atom is 0.337 e. The number of carbonyl (C=O) groups excluding carboxylic acids is 1. The quantitative estimate of drug-likeness (QED) is 0.789. The lowest BCUT2D eigenvalue weighted by molar-refractivity contribution is 0.0697. The van der Waals surface area contributed by atoms with Gasteiger partial charge in [-0.2, -0.15) is 0 Å². The van der Waals surface area contributed by atoms with E-state index in [-0.39, 0.29) is 5.69 Å². The Hall–Kier alpha value is -2.22. The van der Waals surface area contributed by atoms with Crippen molar-refractivity contribution in [2.24, 2.45) is 0 Å². The van der Waals surface area contributed by atoms with E-state index in [9.17, 15) is 18.4 Å². The summed E-state index contributed by atoms with van der Waals surface area (Å²) in [4.78, 5) is 24.1. The Morgan fingerprint density at radius 2 is 1.95 bits per heavy atom. The number of carboxylic acid groups (broad SMARTS) is 1. The molecule has 0 heterocycles. The highest BCUT2D eigenvalue weighted by molar-refractivity contribution is 5.99.